The molecule has 2 N–H and O–H groups in total. The summed E-state index contributed by atoms with van der Waals surface area (Å²) in [5, 5.41) is 20.9. The zero-order valence-electron chi connectivity index (χ0n) is 16.4. The lowest BCUT2D eigenvalue weighted by atomic mass is 9.95. The molecule has 7 nitrogen and oxygen atoms in total. The summed E-state index contributed by atoms with van der Waals surface area (Å²) >= 11 is 6.08. The maximum atomic E-state index is 13.0. The number of aromatic hydroxyl groups is 1. The summed E-state index contributed by atoms with van der Waals surface area (Å²) in [7, 11) is 1.52. The van der Waals surface area contributed by atoms with Gasteiger partial charge < -0.3 is 24.3 Å². The quantitative estimate of drug-likeness (QED) is 0.350. The lowest BCUT2D eigenvalue weighted by Crippen LogP contribution is -2.29. The Hall–Kier alpha value is -3.71. The minimum absolute atomic E-state index is 0.0140. The van der Waals surface area contributed by atoms with Crippen molar-refractivity contribution in [1.82, 2.24) is 4.90 Å². The molecule has 1 aromatic heterocycles. The Morgan fingerprint density at radius 2 is 1.90 bits per heavy atom. The molecule has 1 atom stereocenters. The number of carbonyl (C=O) groups excluding carboxylic acids is 2. The van der Waals surface area contributed by atoms with Gasteiger partial charge in [0.2, 0.25) is 0 Å². The van der Waals surface area contributed by atoms with Gasteiger partial charge in [0.15, 0.2) is 0 Å². The maximum absolute atomic E-state index is 13.0. The Morgan fingerprint density at radius 3 is 2.52 bits per heavy atom. The minimum Gasteiger partial charge on any atom is -0.507 e. The van der Waals surface area contributed by atoms with E-state index in [1.165, 1.54) is 30.4 Å². The number of phenols is 1. The zero-order chi connectivity index (χ0) is 22.1. The van der Waals surface area contributed by atoms with Crippen molar-refractivity contribution in [2.45, 2.75) is 12.6 Å². The molecule has 2 aromatic carbocycles. The van der Waals surface area contributed by atoms with Gasteiger partial charge in [-0.05, 0) is 54.1 Å². The van der Waals surface area contributed by atoms with Crippen LogP contribution < -0.4 is 4.74 Å². The number of carbonyl (C=O) groups is 2. The highest BCUT2D eigenvalue weighted by atomic mass is 35.5. The number of halogens is 1. The van der Waals surface area contributed by atoms with Crippen LogP contribution in [-0.4, -0.2) is 33.9 Å². The van der Waals surface area contributed by atoms with Crippen LogP contribution in [0.2, 0.25) is 5.02 Å². The molecular weight excluding hydrogens is 422 g/mol. The molecule has 0 saturated carbocycles. The van der Waals surface area contributed by atoms with Crippen molar-refractivity contribution in [2.75, 3.05) is 7.11 Å². The molecule has 1 aliphatic heterocycles. The van der Waals surface area contributed by atoms with Crippen LogP contribution in [0, 0.1) is 0 Å². The topological polar surface area (TPSA) is 100 Å². The second kappa shape index (κ2) is 8.20. The summed E-state index contributed by atoms with van der Waals surface area (Å²) in [5.41, 5.74) is 0.735. The van der Waals surface area contributed by atoms with E-state index in [-0.39, 0.29) is 28.6 Å². The number of ketones is 1. The molecule has 2 heterocycles. The van der Waals surface area contributed by atoms with Crippen LogP contribution in [0.3, 0.4) is 0 Å². The first-order valence-corrected chi connectivity index (χ1v) is 9.72. The second-order valence-corrected chi connectivity index (χ2v) is 7.35. The summed E-state index contributed by atoms with van der Waals surface area (Å²) in [6, 6.07) is 13.3. The standard InChI is InChI=1S/C23H18ClNO6/c1-30-15-7-4-13(5-8-15)21(27)19-20(14-6-9-18(26)17(24)11-14)25(23(29)22(19)28)12-16-3-2-10-31-16/h2-11,20,26-27H,12H2,1H3/b21-19-. The first kappa shape index (κ1) is 20.6. The van der Waals surface area contributed by atoms with Crippen LogP contribution in [0.5, 0.6) is 11.5 Å². The maximum Gasteiger partial charge on any atom is 0.296 e. The predicted molar refractivity (Wildman–Crippen MR) is 113 cm³/mol. The van der Waals surface area contributed by atoms with Gasteiger partial charge in [0.1, 0.15) is 23.0 Å². The van der Waals surface area contributed by atoms with Gasteiger partial charge >= 0.3 is 0 Å². The number of phenolic OH excluding ortho intramolecular Hbond substituents is 1. The average molecular weight is 440 g/mol. The first-order valence-electron chi connectivity index (χ1n) is 9.34. The fraction of sp³-hybridized carbons (Fsp3) is 0.130. The van der Waals surface area contributed by atoms with Gasteiger partial charge in [0.25, 0.3) is 11.7 Å². The molecular formula is C23H18ClNO6. The van der Waals surface area contributed by atoms with Crippen molar-refractivity contribution in [3.05, 3.63) is 88.3 Å². The van der Waals surface area contributed by atoms with E-state index in [0.29, 0.717) is 22.6 Å². The van der Waals surface area contributed by atoms with Crippen molar-refractivity contribution in [1.29, 1.82) is 0 Å². The van der Waals surface area contributed by atoms with E-state index >= 15 is 0 Å². The largest absolute Gasteiger partial charge is 0.507 e. The molecule has 1 saturated heterocycles. The number of Topliss-reactive ketones (excluding diaryl/α,β-unsaturated/α-hetero) is 1. The molecule has 4 rings (SSSR count). The van der Waals surface area contributed by atoms with E-state index in [4.69, 9.17) is 20.8 Å². The summed E-state index contributed by atoms with van der Waals surface area (Å²) < 4.78 is 10.5. The third-order valence-electron chi connectivity index (χ3n) is 5.10. The molecule has 8 heteroatoms. The number of nitrogens with zero attached hydrogens (tertiary/aromatic N) is 1. The summed E-state index contributed by atoms with van der Waals surface area (Å²) in [6.07, 6.45) is 1.47. The second-order valence-electron chi connectivity index (χ2n) is 6.95. The molecule has 1 fully saturated rings. The van der Waals surface area contributed by atoms with E-state index in [9.17, 15) is 19.8 Å². The van der Waals surface area contributed by atoms with E-state index in [1.807, 2.05) is 0 Å². The fourth-order valence-corrected chi connectivity index (χ4v) is 3.75. The number of benzene rings is 2. The van der Waals surface area contributed by atoms with Crippen LogP contribution in [0.1, 0.15) is 22.9 Å². The number of rotatable bonds is 5. The monoisotopic (exact) mass is 439 g/mol. The molecule has 158 valence electrons. The molecule has 0 spiro atoms. The lowest BCUT2D eigenvalue weighted by molar-refractivity contribution is -0.140. The van der Waals surface area contributed by atoms with Crippen molar-refractivity contribution < 1.29 is 29.0 Å². The summed E-state index contributed by atoms with van der Waals surface area (Å²) in [6.45, 7) is 0.0140. The third kappa shape index (κ3) is 3.75. The van der Waals surface area contributed by atoms with E-state index in [1.54, 1.807) is 42.5 Å². The minimum atomic E-state index is -0.926. The molecule has 0 bridgehead atoms. The first-order chi connectivity index (χ1) is 14.9. The Balaban J connectivity index is 1.87. The molecule has 31 heavy (non-hydrogen) atoms. The summed E-state index contributed by atoms with van der Waals surface area (Å²) in [4.78, 5) is 27.2. The van der Waals surface area contributed by atoms with Crippen LogP contribution in [0.15, 0.2) is 70.9 Å². The average Bonchev–Trinajstić information content (AvgIpc) is 3.38. The van der Waals surface area contributed by atoms with Crippen molar-refractivity contribution in [2.24, 2.45) is 0 Å². The predicted octanol–water partition coefficient (Wildman–Crippen LogP) is 4.27. The van der Waals surface area contributed by atoms with Gasteiger partial charge in [-0.1, -0.05) is 17.7 Å². The van der Waals surface area contributed by atoms with Gasteiger partial charge in [-0.3, -0.25) is 9.59 Å². The van der Waals surface area contributed by atoms with Crippen molar-refractivity contribution in [3.63, 3.8) is 0 Å². The van der Waals surface area contributed by atoms with Gasteiger partial charge in [-0.25, -0.2) is 0 Å². The van der Waals surface area contributed by atoms with Gasteiger partial charge in [-0.15, -0.1) is 0 Å². The van der Waals surface area contributed by atoms with E-state index < -0.39 is 17.7 Å². The fourth-order valence-electron chi connectivity index (χ4n) is 3.56. The molecule has 0 aliphatic carbocycles. The van der Waals surface area contributed by atoms with Gasteiger partial charge in [0.05, 0.1) is 36.6 Å². The molecule has 3 aromatic rings. The van der Waals surface area contributed by atoms with Crippen molar-refractivity contribution >= 4 is 29.1 Å². The highest BCUT2D eigenvalue weighted by Gasteiger charge is 2.46. The van der Waals surface area contributed by atoms with Crippen molar-refractivity contribution in [3.8, 4) is 11.5 Å². The summed E-state index contributed by atoms with van der Waals surface area (Å²) in [5.74, 6) is -1.01. The number of aliphatic hydroxyl groups is 1. The number of amides is 1. The third-order valence-corrected chi connectivity index (χ3v) is 5.40. The van der Waals surface area contributed by atoms with E-state index in [0.717, 1.165) is 0 Å². The molecule has 0 radical (unpaired) electrons. The van der Waals surface area contributed by atoms with E-state index in [2.05, 4.69) is 0 Å². The number of aliphatic hydroxyl groups excluding tert-OH is 1. The van der Waals surface area contributed by atoms with Crippen LogP contribution in [0.4, 0.5) is 0 Å². The number of methoxy groups -OCH3 is 1. The molecule has 1 aliphatic rings. The Kier molecular flexibility index (Phi) is 5.44. The Morgan fingerprint density at radius 1 is 1.16 bits per heavy atom. The van der Waals surface area contributed by atoms with Crippen LogP contribution >= 0.6 is 11.6 Å². The number of furan rings is 1. The number of likely N-dealkylation sites (tertiary alicyclic amines) is 1. The van der Waals surface area contributed by atoms with Crippen LogP contribution in [-0.2, 0) is 16.1 Å². The SMILES string of the molecule is COc1ccc(/C(O)=C2/C(=O)C(=O)N(Cc3ccco3)C2c2ccc(O)c(Cl)c2)cc1. The Bertz CT molecular complexity index is 1170. The number of hydrogen-bond acceptors (Lipinski definition) is 6. The highest BCUT2D eigenvalue weighted by Crippen LogP contribution is 2.42. The normalized spacial score (nSPS) is 17.9. The number of ether oxygens (including phenoxy) is 1. The smallest absolute Gasteiger partial charge is 0.296 e. The Labute approximate surface area is 182 Å². The molecule has 1 amide bonds. The number of hydrogen-bond donors (Lipinski definition) is 2. The van der Waals surface area contributed by atoms with Gasteiger partial charge in [0, 0.05) is 5.56 Å². The van der Waals surface area contributed by atoms with Crippen LogP contribution in [0.25, 0.3) is 5.76 Å². The highest BCUT2D eigenvalue weighted by molar-refractivity contribution is 6.46. The van der Waals surface area contributed by atoms with Gasteiger partial charge in [-0.2, -0.15) is 0 Å². The molecule has 1 unspecified atom stereocenters. The lowest BCUT2D eigenvalue weighted by Gasteiger charge is -2.24. The zero-order valence-corrected chi connectivity index (χ0v) is 17.2.